The smallest absolute Gasteiger partial charge is 0.0220 e. The highest BCUT2D eigenvalue weighted by atomic mass is 14.9. The predicted molar refractivity (Wildman–Crippen MR) is 55.3 cm³/mol. The molecule has 1 rings (SSSR count). The monoisotopic (exact) mass is 181 g/mol. The highest BCUT2D eigenvalue weighted by Gasteiger charge is 2.02. The Morgan fingerprint density at radius 2 is 2.46 bits per heavy atom. The van der Waals surface area contributed by atoms with Gasteiger partial charge in [-0.05, 0) is 30.6 Å². The Labute approximate surface area is 79.7 Å². The van der Waals surface area contributed by atoms with E-state index in [0.717, 1.165) is 26.1 Å². The van der Waals surface area contributed by atoms with Crippen molar-refractivity contribution in [1.29, 1.82) is 0 Å². The van der Waals surface area contributed by atoms with E-state index < -0.39 is 0 Å². The maximum atomic E-state index is 5.60. The zero-order chi connectivity index (χ0) is 9.52. The third-order valence-electron chi connectivity index (χ3n) is 2.34. The van der Waals surface area contributed by atoms with Gasteiger partial charge in [-0.3, -0.25) is 0 Å². The topological polar surface area (TPSA) is 53.8 Å². The molecule has 0 spiro atoms. The molecular weight excluding hydrogens is 162 g/mol. The summed E-state index contributed by atoms with van der Waals surface area (Å²) in [5.74, 6) is 0.610. The maximum Gasteiger partial charge on any atom is 0.0220 e. The second kappa shape index (κ2) is 5.78. The van der Waals surface area contributed by atoms with Crippen LogP contribution in [0.25, 0.3) is 0 Å². The number of hydrogen-bond donors (Lipinski definition) is 3. The third-order valence-corrected chi connectivity index (χ3v) is 2.34. The summed E-state index contributed by atoms with van der Waals surface area (Å²) in [6.45, 7) is 4.89. The largest absolute Gasteiger partial charge is 0.367 e. The molecule has 0 aliphatic heterocycles. The average Bonchev–Trinajstić information content (AvgIpc) is 2.65. The van der Waals surface area contributed by atoms with Crippen molar-refractivity contribution in [2.24, 2.45) is 11.7 Å². The standard InChI is InChI=1S/C10H19N3/c1-2-9(5-11)6-13-8-10-3-4-12-7-10/h3-4,7,9,12-13H,2,5-6,8,11H2,1H3. The molecule has 0 bridgehead atoms. The second-order valence-electron chi connectivity index (χ2n) is 3.36. The van der Waals surface area contributed by atoms with Gasteiger partial charge in [0.25, 0.3) is 0 Å². The zero-order valence-electron chi connectivity index (χ0n) is 8.22. The molecule has 1 heterocycles. The van der Waals surface area contributed by atoms with Crippen molar-refractivity contribution in [2.45, 2.75) is 19.9 Å². The zero-order valence-corrected chi connectivity index (χ0v) is 8.22. The lowest BCUT2D eigenvalue weighted by Crippen LogP contribution is -2.27. The van der Waals surface area contributed by atoms with Gasteiger partial charge in [-0.25, -0.2) is 0 Å². The molecule has 3 heteroatoms. The summed E-state index contributed by atoms with van der Waals surface area (Å²) >= 11 is 0. The number of nitrogens with two attached hydrogens (primary N) is 1. The summed E-state index contributed by atoms with van der Waals surface area (Å²) in [6, 6.07) is 2.08. The predicted octanol–water partition coefficient (Wildman–Crippen LogP) is 1.09. The molecule has 0 amide bonds. The van der Waals surface area contributed by atoms with Crippen LogP contribution in [0.1, 0.15) is 18.9 Å². The molecule has 1 aromatic rings. The van der Waals surface area contributed by atoms with Crippen LogP contribution in [0.2, 0.25) is 0 Å². The Hall–Kier alpha value is -0.800. The van der Waals surface area contributed by atoms with Crippen molar-refractivity contribution in [3.05, 3.63) is 24.0 Å². The van der Waals surface area contributed by atoms with Gasteiger partial charge in [0.15, 0.2) is 0 Å². The van der Waals surface area contributed by atoms with Crippen molar-refractivity contribution in [1.82, 2.24) is 10.3 Å². The molecule has 13 heavy (non-hydrogen) atoms. The van der Waals surface area contributed by atoms with Gasteiger partial charge >= 0.3 is 0 Å². The summed E-state index contributed by atoms with van der Waals surface area (Å²) in [6.07, 6.45) is 5.10. The van der Waals surface area contributed by atoms with Crippen molar-refractivity contribution in [3.8, 4) is 0 Å². The Morgan fingerprint density at radius 1 is 1.62 bits per heavy atom. The normalized spacial score (nSPS) is 13.1. The molecule has 74 valence electrons. The van der Waals surface area contributed by atoms with Crippen LogP contribution < -0.4 is 11.1 Å². The van der Waals surface area contributed by atoms with E-state index in [0.29, 0.717) is 5.92 Å². The molecule has 1 atom stereocenters. The van der Waals surface area contributed by atoms with E-state index in [1.807, 2.05) is 12.4 Å². The summed E-state index contributed by atoms with van der Waals surface area (Å²) in [5, 5.41) is 3.39. The molecule has 4 N–H and O–H groups in total. The Bertz CT molecular complexity index is 202. The van der Waals surface area contributed by atoms with Crippen molar-refractivity contribution >= 4 is 0 Å². The lowest BCUT2D eigenvalue weighted by molar-refractivity contribution is 0.471. The highest BCUT2D eigenvalue weighted by molar-refractivity contribution is 5.07. The summed E-state index contributed by atoms with van der Waals surface area (Å²) < 4.78 is 0. The van der Waals surface area contributed by atoms with Gasteiger partial charge in [0.05, 0.1) is 0 Å². The number of H-pyrrole nitrogens is 1. The molecule has 1 unspecified atom stereocenters. The van der Waals surface area contributed by atoms with Gasteiger partial charge in [0.2, 0.25) is 0 Å². The van der Waals surface area contributed by atoms with E-state index in [9.17, 15) is 0 Å². The van der Waals surface area contributed by atoms with Crippen molar-refractivity contribution < 1.29 is 0 Å². The van der Waals surface area contributed by atoms with E-state index in [-0.39, 0.29) is 0 Å². The van der Waals surface area contributed by atoms with E-state index >= 15 is 0 Å². The number of rotatable bonds is 6. The lowest BCUT2D eigenvalue weighted by atomic mass is 10.1. The van der Waals surface area contributed by atoms with Crippen LogP contribution in [-0.2, 0) is 6.54 Å². The first-order valence-corrected chi connectivity index (χ1v) is 4.89. The van der Waals surface area contributed by atoms with Crippen LogP contribution in [0, 0.1) is 5.92 Å². The Kier molecular flexibility index (Phi) is 4.57. The molecule has 0 radical (unpaired) electrons. The first-order chi connectivity index (χ1) is 6.36. The van der Waals surface area contributed by atoms with E-state index in [1.54, 1.807) is 0 Å². The quantitative estimate of drug-likeness (QED) is 0.615. The van der Waals surface area contributed by atoms with Crippen molar-refractivity contribution in [3.63, 3.8) is 0 Å². The van der Waals surface area contributed by atoms with Gasteiger partial charge in [0, 0.05) is 18.9 Å². The van der Waals surface area contributed by atoms with Gasteiger partial charge in [-0.2, -0.15) is 0 Å². The molecule has 0 aliphatic rings. The van der Waals surface area contributed by atoms with Crippen LogP contribution in [0.4, 0.5) is 0 Å². The first-order valence-electron chi connectivity index (χ1n) is 4.89. The van der Waals surface area contributed by atoms with Gasteiger partial charge in [-0.1, -0.05) is 13.3 Å². The molecule has 3 nitrogen and oxygen atoms in total. The Morgan fingerprint density at radius 3 is 3.00 bits per heavy atom. The minimum Gasteiger partial charge on any atom is -0.367 e. The van der Waals surface area contributed by atoms with Crippen LogP contribution in [0.5, 0.6) is 0 Å². The fourth-order valence-electron chi connectivity index (χ4n) is 1.28. The SMILES string of the molecule is CCC(CN)CNCc1cc[nH]c1. The molecule has 0 aliphatic carbocycles. The first kappa shape index (κ1) is 10.3. The van der Waals surface area contributed by atoms with Crippen LogP contribution >= 0.6 is 0 Å². The number of nitrogens with one attached hydrogen (secondary N) is 2. The van der Waals surface area contributed by atoms with Crippen LogP contribution in [-0.4, -0.2) is 18.1 Å². The fraction of sp³-hybridized carbons (Fsp3) is 0.600. The van der Waals surface area contributed by atoms with Crippen molar-refractivity contribution in [2.75, 3.05) is 13.1 Å². The average molecular weight is 181 g/mol. The fourth-order valence-corrected chi connectivity index (χ4v) is 1.28. The van der Waals surface area contributed by atoms with E-state index in [1.165, 1.54) is 5.56 Å². The third kappa shape index (κ3) is 3.61. The van der Waals surface area contributed by atoms with Crippen LogP contribution in [0.15, 0.2) is 18.5 Å². The molecule has 0 aromatic carbocycles. The van der Waals surface area contributed by atoms with Gasteiger partial charge < -0.3 is 16.0 Å². The minimum absolute atomic E-state index is 0.610. The lowest BCUT2D eigenvalue weighted by Gasteiger charge is -2.12. The van der Waals surface area contributed by atoms with Crippen LogP contribution in [0.3, 0.4) is 0 Å². The Balaban J connectivity index is 2.13. The molecule has 0 saturated carbocycles. The summed E-state index contributed by atoms with van der Waals surface area (Å²) in [7, 11) is 0. The highest BCUT2D eigenvalue weighted by Crippen LogP contribution is 1.99. The molecule has 0 fully saturated rings. The van der Waals surface area contributed by atoms with Gasteiger partial charge in [0.1, 0.15) is 0 Å². The van der Waals surface area contributed by atoms with E-state index in [2.05, 4.69) is 23.3 Å². The minimum atomic E-state index is 0.610. The van der Waals surface area contributed by atoms with E-state index in [4.69, 9.17) is 5.73 Å². The summed E-state index contributed by atoms with van der Waals surface area (Å²) in [5.41, 5.74) is 6.89. The molecular formula is C10H19N3. The molecule has 0 saturated heterocycles. The number of aromatic amines is 1. The summed E-state index contributed by atoms with van der Waals surface area (Å²) in [4.78, 5) is 3.03. The second-order valence-corrected chi connectivity index (χ2v) is 3.36. The maximum absolute atomic E-state index is 5.60. The van der Waals surface area contributed by atoms with Gasteiger partial charge in [-0.15, -0.1) is 0 Å². The number of hydrogen-bond acceptors (Lipinski definition) is 2. The number of aromatic nitrogens is 1. The molecule has 1 aromatic heterocycles.